The first-order valence-electron chi connectivity index (χ1n) is 12.8. The zero-order valence-corrected chi connectivity index (χ0v) is 21.2. The summed E-state index contributed by atoms with van der Waals surface area (Å²) in [5, 5.41) is 12.2. The molecule has 0 radical (unpaired) electrons. The Kier molecular flexibility index (Phi) is 7.30. The van der Waals surface area contributed by atoms with Gasteiger partial charge in [-0.05, 0) is 55.0 Å². The molecule has 37 heavy (non-hydrogen) atoms. The Labute approximate surface area is 216 Å². The predicted octanol–water partition coefficient (Wildman–Crippen LogP) is 3.43. The quantitative estimate of drug-likeness (QED) is 0.467. The number of aromatic nitrogens is 2. The summed E-state index contributed by atoms with van der Waals surface area (Å²) >= 11 is 0. The van der Waals surface area contributed by atoms with Gasteiger partial charge in [-0.1, -0.05) is 42.5 Å². The van der Waals surface area contributed by atoms with Crippen LogP contribution in [0.1, 0.15) is 47.6 Å². The molecule has 1 aromatic heterocycles. The maximum atomic E-state index is 13.7. The van der Waals surface area contributed by atoms with Crippen molar-refractivity contribution in [1.29, 1.82) is 0 Å². The number of amides is 1. The van der Waals surface area contributed by atoms with E-state index in [1.54, 1.807) is 10.8 Å². The van der Waals surface area contributed by atoms with E-state index in [1.807, 2.05) is 73.3 Å². The number of hydrogen-bond donors (Lipinski definition) is 2. The number of nitrogens with zero attached hydrogens (tertiary/aromatic N) is 2. The van der Waals surface area contributed by atoms with E-state index in [1.165, 1.54) is 0 Å². The molecular weight excluding hydrogens is 470 g/mol. The molecule has 1 saturated carbocycles. The van der Waals surface area contributed by atoms with Gasteiger partial charge in [0.15, 0.2) is 5.76 Å². The molecule has 8 heteroatoms. The van der Waals surface area contributed by atoms with E-state index in [4.69, 9.17) is 9.47 Å². The molecule has 1 aliphatic heterocycles. The first-order chi connectivity index (χ1) is 17.9. The molecule has 5 rings (SSSR count). The van der Waals surface area contributed by atoms with Crippen LogP contribution in [0.15, 0.2) is 71.2 Å². The highest BCUT2D eigenvalue weighted by atomic mass is 16.7. The van der Waals surface area contributed by atoms with Crippen LogP contribution < -0.4 is 10.9 Å². The Balaban J connectivity index is 1.42. The van der Waals surface area contributed by atoms with Crippen molar-refractivity contribution in [3.63, 3.8) is 0 Å². The van der Waals surface area contributed by atoms with Crippen molar-refractivity contribution in [2.45, 2.75) is 51.6 Å². The Morgan fingerprint density at radius 2 is 1.81 bits per heavy atom. The van der Waals surface area contributed by atoms with E-state index in [0.717, 1.165) is 35.3 Å². The Hall–Kier alpha value is -3.62. The molecular formula is C29H33N3O5. The summed E-state index contributed by atoms with van der Waals surface area (Å²) in [4.78, 5) is 26.7. The fourth-order valence-electron chi connectivity index (χ4n) is 4.71. The Morgan fingerprint density at radius 3 is 2.49 bits per heavy atom. The van der Waals surface area contributed by atoms with Crippen LogP contribution in [0.5, 0.6) is 0 Å². The van der Waals surface area contributed by atoms with Crippen LogP contribution in [0, 0.1) is 12.8 Å². The van der Waals surface area contributed by atoms with Crippen LogP contribution in [0.3, 0.4) is 0 Å². The summed E-state index contributed by atoms with van der Waals surface area (Å²) in [6.45, 7) is 2.81. The lowest BCUT2D eigenvalue weighted by Gasteiger charge is -2.29. The maximum absolute atomic E-state index is 13.7. The summed E-state index contributed by atoms with van der Waals surface area (Å²) in [5.74, 6) is 0.0917. The molecule has 2 atom stereocenters. The lowest BCUT2D eigenvalue weighted by Crippen LogP contribution is -2.34. The van der Waals surface area contributed by atoms with Crippen molar-refractivity contribution in [2.75, 3.05) is 6.54 Å². The number of aliphatic hydroxyl groups excluding tert-OH is 1. The van der Waals surface area contributed by atoms with E-state index in [9.17, 15) is 14.7 Å². The minimum atomic E-state index is -0.696. The van der Waals surface area contributed by atoms with Crippen LogP contribution in [-0.4, -0.2) is 33.2 Å². The molecule has 2 aromatic carbocycles. The average molecular weight is 504 g/mol. The molecule has 1 fully saturated rings. The SMILES string of the molecule is Cc1c([C@H]2C=C(C(=O)NCC3CC3)O[C@@H](OCc3ccc(CO)cc3)C2)c(=O)n(-c2ccccc2)n1C. The standard InChI is InChI=1S/C29H33N3O5/c1-19-27(29(35)32(31(19)2)24-6-4-3-5-7-24)23-14-25(28(34)30-16-20-8-9-20)37-26(15-23)36-18-22-12-10-21(17-33)11-13-22/h3-7,10-14,20,23,26,33H,8-9,15-18H2,1-2H3,(H,30,34)/t23-,26+/m0/s1. The monoisotopic (exact) mass is 503 g/mol. The Morgan fingerprint density at radius 1 is 1.11 bits per heavy atom. The van der Waals surface area contributed by atoms with Crippen molar-refractivity contribution in [3.05, 3.63) is 99.2 Å². The molecule has 0 unspecified atom stereocenters. The molecule has 3 aromatic rings. The highest BCUT2D eigenvalue weighted by Gasteiger charge is 2.33. The molecule has 0 bridgehead atoms. The molecule has 0 spiro atoms. The van der Waals surface area contributed by atoms with E-state index in [2.05, 4.69) is 5.32 Å². The van der Waals surface area contributed by atoms with Crippen LogP contribution in [0.4, 0.5) is 0 Å². The summed E-state index contributed by atoms with van der Waals surface area (Å²) in [6, 6.07) is 17.0. The number of aliphatic hydroxyl groups is 1. The molecule has 1 amide bonds. The molecule has 2 N–H and O–H groups in total. The first-order valence-corrected chi connectivity index (χ1v) is 12.8. The predicted molar refractivity (Wildman–Crippen MR) is 139 cm³/mol. The van der Waals surface area contributed by atoms with Gasteiger partial charge in [-0.15, -0.1) is 0 Å². The largest absolute Gasteiger partial charge is 0.459 e. The third-order valence-electron chi connectivity index (χ3n) is 7.14. The summed E-state index contributed by atoms with van der Waals surface area (Å²) in [6.07, 6.45) is 3.73. The highest BCUT2D eigenvalue weighted by molar-refractivity contribution is 5.91. The van der Waals surface area contributed by atoms with Gasteiger partial charge >= 0.3 is 0 Å². The van der Waals surface area contributed by atoms with Crippen molar-refractivity contribution in [3.8, 4) is 5.69 Å². The average Bonchev–Trinajstić information content (AvgIpc) is 3.72. The fourth-order valence-corrected chi connectivity index (χ4v) is 4.71. The van der Waals surface area contributed by atoms with Crippen molar-refractivity contribution < 1.29 is 19.4 Å². The first kappa shape index (κ1) is 25.0. The van der Waals surface area contributed by atoms with Crippen LogP contribution in [0.2, 0.25) is 0 Å². The van der Waals surface area contributed by atoms with Gasteiger partial charge in [0.1, 0.15) is 0 Å². The van der Waals surface area contributed by atoms with Crippen molar-refractivity contribution >= 4 is 5.91 Å². The second kappa shape index (κ2) is 10.8. The molecule has 8 nitrogen and oxygen atoms in total. The van der Waals surface area contributed by atoms with Crippen LogP contribution >= 0.6 is 0 Å². The lowest BCUT2D eigenvalue weighted by atomic mass is 9.93. The van der Waals surface area contributed by atoms with Gasteiger partial charge < -0.3 is 19.9 Å². The summed E-state index contributed by atoms with van der Waals surface area (Å²) in [7, 11) is 1.86. The second-order valence-corrected chi connectivity index (χ2v) is 9.83. The van der Waals surface area contributed by atoms with E-state index in [0.29, 0.717) is 24.4 Å². The zero-order chi connectivity index (χ0) is 25.9. The number of carbonyl (C=O) groups excluding carboxylic acids is 1. The summed E-state index contributed by atoms with van der Waals surface area (Å²) in [5.41, 5.74) is 3.86. The van der Waals surface area contributed by atoms with Crippen LogP contribution in [-0.2, 0) is 34.5 Å². The molecule has 2 aliphatic rings. The van der Waals surface area contributed by atoms with Crippen molar-refractivity contribution in [2.24, 2.45) is 13.0 Å². The molecule has 2 heterocycles. The van der Waals surface area contributed by atoms with E-state index >= 15 is 0 Å². The maximum Gasteiger partial charge on any atom is 0.286 e. The number of hydrogen-bond acceptors (Lipinski definition) is 5. The minimum Gasteiger partial charge on any atom is -0.459 e. The Bertz CT molecular complexity index is 1340. The van der Waals surface area contributed by atoms with Crippen LogP contribution in [0.25, 0.3) is 5.69 Å². The van der Waals surface area contributed by atoms with Gasteiger partial charge in [-0.25, -0.2) is 4.68 Å². The van der Waals surface area contributed by atoms with Gasteiger partial charge in [-0.3, -0.25) is 14.3 Å². The number of para-hydroxylation sites is 1. The molecule has 194 valence electrons. The normalized spacial score (nSPS) is 19.3. The number of ether oxygens (including phenoxy) is 2. The number of allylic oxidation sites excluding steroid dienone is 1. The third kappa shape index (κ3) is 5.55. The molecule has 0 saturated heterocycles. The van der Waals surface area contributed by atoms with Gasteiger partial charge in [-0.2, -0.15) is 0 Å². The van der Waals surface area contributed by atoms with E-state index in [-0.39, 0.29) is 36.4 Å². The topological polar surface area (TPSA) is 94.7 Å². The van der Waals surface area contributed by atoms with Gasteiger partial charge in [0, 0.05) is 37.2 Å². The number of nitrogens with one attached hydrogen (secondary N) is 1. The third-order valence-corrected chi connectivity index (χ3v) is 7.14. The highest BCUT2D eigenvalue weighted by Crippen LogP contribution is 2.33. The lowest BCUT2D eigenvalue weighted by molar-refractivity contribution is -0.150. The minimum absolute atomic E-state index is 0.0182. The van der Waals surface area contributed by atoms with Gasteiger partial charge in [0.2, 0.25) is 6.29 Å². The van der Waals surface area contributed by atoms with Gasteiger partial charge in [0.05, 0.1) is 18.9 Å². The van der Waals surface area contributed by atoms with Gasteiger partial charge in [0.25, 0.3) is 11.5 Å². The number of carbonyl (C=O) groups is 1. The smallest absolute Gasteiger partial charge is 0.286 e. The van der Waals surface area contributed by atoms with Crippen molar-refractivity contribution in [1.82, 2.24) is 14.7 Å². The molecule has 1 aliphatic carbocycles. The summed E-state index contributed by atoms with van der Waals surface area (Å²) < 4.78 is 15.6. The van der Waals surface area contributed by atoms with E-state index < -0.39 is 6.29 Å². The number of benzene rings is 2. The number of rotatable bonds is 9. The zero-order valence-electron chi connectivity index (χ0n) is 21.2. The second-order valence-electron chi connectivity index (χ2n) is 9.83. The fraction of sp³-hybridized carbons (Fsp3) is 0.379.